The van der Waals surface area contributed by atoms with Gasteiger partial charge in [0.05, 0.1) is 12.8 Å². The number of rotatable bonds is 7. The van der Waals surface area contributed by atoms with Crippen LogP contribution >= 0.6 is 11.3 Å². The number of hydrogen-bond donors (Lipinski definition) is 2. The molecule has 0 radical (unpaired) electrons. The van der Waals surface area contributed by atoms with Crippen LogP contribution in [-0.2, 0) is 22.4 Å². The minimum atomic E-state index is -0.0217. The number of carbonyl (C=O) groups excluding carboxylic acids is 2. The summed E-state index contributed by atoms with van der Waals surface area (Å²) in [5.74, 6) is 0.628. The molecule has 2 aliphatic rings. The average molecular weight is 481 g/mol. The van der Waals surface area contributed by atoms with E-state index >= 15 is 0 Å². The van der Waals surface area contributed by atoms with E-state index in [2.05, 4.69) is 25.9 Å². The van der Waals surface area contributed by atoms with Crippen LogP contribution in [-0.4, -0.2) is 43.7 Å². The number of nitrogens with one attached hydrogen (secondary N) is 2. The number of benzene rings is 1. The number of fused-ring (bicyclic) bond motifs is 1. The molecule has 9 heteroatoms. The molecule has 5 rings (SSSR count). The molecule has 1 aromatic carbocycles. The van der Waals surface area contributed by atoms with Gasteiger partial charge in [0.15, 0.2) is 5.82 Å². The molecule has 0 bridgehead atoms. The van der Waals surface area contributed by atoms with E-state index < -0.39 is 0 Å². The van der Waals surface area contributed by atoms with Gasteiger partial charge in [-0.05, 0) is 31.2 Å². The van der Waals surface area contributed by atoms with Crippen LogP contribution in [0.1, 0.15) is 75.6 Å². The fourth-order valence-corrected chi connectivity index (χ4v) is 5.89. The molecule has 2 aliphatic carbocycles. The maximum atomic E-state index is 12.5. The lowest BCUT2D eigenvalue weighted by Gasteiger charge is -2.22. The molecule has 2 fully saturated rings. The van der Waals surface area contributed by atoms with Crippen molar-refractivity contribution in [2.45, 2.75) is 89.1 Å². The second kappa shape index (κ2) is 10.6. The molecular formula is C25H32N6O2S. The van der Waals surface area contributed by atoms with Gasteiger partial charge in [0.2, 0.25) is 16.8 Å². The number of hydrogen-bond acceptors (Lipinski definition) is 6. The normalized spacial score (nSPS) is 17.6. The minimum Gasteiger partial charge on any atom is -0.353 e. The number of aromatic nitrogens is 4. The van der Waals surface area contributed by atoms with Gasteiger partial charge >= 0.3 is 0 Å². The molecule has 0 spiro atoms. The molecule has 0 unspecified atom stereocenters. The van der Waals surface area contributed by atoms with Crippen LogP contribution in [0.15, 0.2) is 24.3 Å². The monoisotopic (exact) mass is 480 g/mol. The first-order valence-electron chi connectivity index (χ1n) is 12.5. The van der Waals surface area contributed by atoms with E-state index in [1.807, 2.05) is 24.3 Å². The Morgan fingerprint density at radius 3 is 2.03 bits per heavy atom. The van der Waals surface area contributed by atoms with Crippen molar-refractivity contribution in [3.63, 3.8) is 0 Å². The standard InChI is InChI=1S/C25H32N6O2S/c32-22(26-19-7-3-1-4-8-19)15-17-11-13-18(14-12-17)24-30-31-21(28-29-25(31)34-24)16-23(33)27-20-9-5-2-6-10-20/h11-14,19-20H,1-10,15-16H2,(H,26,32)(H,27,33). The van der Waals surface area contributed by atoms with E-state index in [1.54, 1.807) is 4.52 Å². The van der Waals surface area contributed by atoms with Gasteiger partial charge in [-0.15, -0.1) is 10.2 Å². The lowest BCUT2D eigenvalue weighted by molar-refractivity contribution is -0.122. The SMILES string of the molecule is O=C(Cc1ccc(-c2nn3c(CC(=O)NC4CCCCC4)nnc3s2)cc1)NC1CCCCC1. The van der Waals surface area contributed by atoms with Crippen LogP contribution in [0.2, 0.25) is 0 Å². The van der Waals surface area contributed by atoms with E-state index in [-0.39, 0.29) is 24.3 Å². The molecule has 0 saturated heterocycles. The first-order chi connectivity index (χ1) is 16.6. The predicted molar refractivity (Wildman–Crippen MR) is 132 cm³/mol. The molecule has 2 amide bonds. The first kappa shape index (κ1) is 23.0. The van der Waals surface area contributed by atoms with Crippen molar-refractivity contribution >= 4 is 28.1 Å². The Labute approximate surface area is 203 Å². The molecule has 0 atom stereocenters. The second-order valence-corrected chi connectivity index (χ2v) is 10.5. The Morgan fingerprint density at radius 2 is 1.41 bits per heavy atom. The third-order valence-electron chi connectivity index (χ3n) is 6.88. The van der Waals surface area contributed by atoms with E-state index in [1.165, 1.54) is 49.9 Å². The maximum absolute atomic E-state index is 12.5. The van der Waals surface area contributed by atoms with Crippen LogP contribution in [0.5, 0.6) is 0 Å². The fraction of sp³-hybridized carbons (Fsp3) is 0.560. The average Bonchev–Trinajstić information content (AvgIpc) is 3.43. The van der Waals surface area contributed by atoms with Crippen molar-refractivity contribution in [3.8, 4) is 10.6 Å². The highest BCUT2D eigenvalue weighted by Crippen LogP contribution is 2.26. The van der Waals surface area contributed by atoms with Crippen LogP contribution < -0.4 is 10.6 Å². The zero-order chi connectivity index (χ0) is 23.3. The smallest absolute Gasteiger partial charge is 0.234 e. The van der Waals surface area contributed by atoms with Gasteiger partial charge in [0, 0.05) is 17.6 Å². The van der Waals surface area contributed by atoms with Gasteiger partial charge in [-0.3, -0.25) is 9.59 Å². The van der Waals surface area contributed by atoms with Crippen molar-refractivity contribution in [2.24, 2.45) is 0 Å². The molecule has 2 N–H and O–H groups in total. The molecule has 8 nitrogen and oxygen atoms in total. The third kappa shape index (κ3) is 5.63. The lowest BCUT2D eigenvalue weighted by Crippen LogP contribution is -2.37. The Bertz CT molecular complexity index is 1130. The lowest BCUT2D eigenvalue weighted by atomic mass is 9.95. The largest absolute Gasteiger partial charge is 0.353 e. The van der Waals surface area contributed by atoms with Crippen molar-refractivity contribution in [3.05, 3.63) is 35.7 Å². The van der Waals surface area contributed by atoms with Crippen LogP contribution in [0.3, 0.4) is 0 Å². The van der Waals surface area contributed by atoms with Crippen molar-refractivity contribution in [1.82, 2.24) is 30.4 Å². The summed E-state index contributed by atoms with van der Waals surface area (Å²) in [6, 6.07) is 8.56. The van der Waals surface area contributed by atoms with Gasteiger partial charge in [-0.2, -0.15) is 9.61 Å². The van der Waals surface area contributed by atoms with Crippen LogP contribution in [0.25, 0.3) is 15.5 Å². The fourth-order valence-electron chi connectivity index (χ4n) is 5.03. The Balaban J connectivity index is 1.20. The molecule has 2 aromatic heterocycles. The molecule has 180 valence electrons. The van der Waals surface area contributed by atoms with Gasteiger partial charge in [0.1, 0.15) is 5.01 Å². The van der Waals surface area contributed by atoms with Gasteiger partial charge in [-0.1, -0.05) is 74.1 Å². The third-order valence-corrected chi connectivity index (χ3v) is 7.83. The molecule has 3 aromatic rings. The van der Waals surface area contributed by atoms with Gasteiger partial charge in [0.25, 0.3) is 0 Å². The predicted octanol–water partition coefficient (Wildman–Crippen LogP) is 3.84. The van der Waals surface area contributed by atoms with E-state index in [0.717, 1.165) is 41.8 Å². The summed E-state index contributed by atoms with van der Waals surface area (Å²) in [5.41, 5.74) is 1.95. The maximum Gasteiger partial charge on any atom is 0.234 e. The summed E-state index contributed by atoms with van der Waals surface area (Å²) >= 11 is 1.44. The van der Waals surface area contributed by atoms with E-state index in [0.29, 0.717) is 23.2 Å². The highest BCUT2D eigenvalue weighted by Gasteiger charge is 2.20. The second-order valence-electron chi connectivity index (χ2n) is 9.57. The summed E-state index contributed by atoms with van der Waals surface area (Å²) in [6.45, 7) is 0. The van der Waals surface area contributed by atoms with Crippen molar-refractivity contribution in [2.75, 3.05) is 0 Å². The topological polar surface area (TPSA) is 101 Å². The van der Waals surface area contributed by atoms with Crippen LogP contribution in [0, 0.1) is 0 Å². The highest BCUT2D eigenvalue weighted by molar-refractivity contribution is 7.19. The molecule has 2 saturated carbocycles. The number of carbonyl (C=O) groups is 2. The summed E-state index contributed by atoms with van der Waals surface area (Å²) < 4.78 is 1.67. The van der Waals surface area contributed by atoms with Gasteiger partial charge in [-0.25, -0.2) is 0 Å². The quantitative estimate of drug-likeness (QED) is 0.535. The minimum absolute atomic E-state index is 0.0217. The zero-order valence-corrected chi connectivity index (χ0v) is 20.3. The summed E-state index contributed by atoms with van der Waals surface area (Å²) in [4.78, 5) is 25.6. The van der Waals surface area contributed by atoms with E-state index in [9.17, 15) is 9.59 Å². The molecule has 0 aliphatic heterocycles. The van der Waals surface area contributed by atoms with E-state index in [4.69, 9.17) is 0 Å². The Morgan fingerprint density at radius 1 is 0.824 bits per heavy atom. The van der Waals surface area contributed by atoms with Crippen molar-refractivity contribution in [1.29, 1.82) is 0 Å². The van der Waals surface area contributed by atoms with Crippen LogP contribution in [0.4, 0.5) is 0 Å². The zero-order valence-electron chi connectivity index (χ0n) is 19.5. The first-order valence-corrected chi connectivity index (χ1v) is 13.3. The van der Waals surface area contributed by atoms with Crippen molar-refractivity contribution < 1.29 is 9.59 Å². The summed E-state index contributed by atoms with van der Waals surface area (Å²) in [5, 5.41) is 20.2. The van der Waals surface area contributed by atoms with Gasteiger partial charge < -0.3 is 10.6 Å². The molecular weight excluding hydrogens is 448 g/mol. The number of amides is 2. The molecule has 34 heavy (non-hydrogen) atoms. The number of nitrogens with zero attached hydrogens (tertiary/aromatic N) is 4. The Kier molecular flexibility index (Phi) is 7.18. The highest BCUT2D eigenvalue weighted by atomic mass is 32.1. The molecule has 2 heterocycles. The summed E-state index contributed by atoms with van der Waals surface area (Å²) in [7, 11) is 0. The summed E-state index contributed by atoms with van der Waals surface area (Å²) in [6.07, 6.45) is 12.2. The Hall–Kier alpha value is -2.81.